The molecule has 0 aromatic rings. The largest absolute Gasteiger partial charge is 0.466 e. The quantitative estimate of drug-likeness (QED) is 0.167. The van der Waals surface area contributed by atoms with Gasteiger partial charge in [-0.05, 0) is 24.7 Å². The Morgan fingerprint density at radius 1 is 0.676 bits per heavy atom. The lowest BCUT2D eigenvalue weighted by molar-refractivity contribution is -0.144. The number of esters is 2. The van der Waals surface area contributed by atoms with Gasteiger partial charge in [-0.3, -0.25) is 18.0 Å². The van der Waals surface area contributed by atoms with Gasteiger partial charge in [0.25, 0.3) is 0 Å². The summed E-state index contributed by atoms with van der Waals surface area (Å²) in [4.78, 5) is 23.5. The van der Waals surface area contributed by atoms with Gasteiger partial charge >= 0.3 is 11.9 Å². The van der Waals surface area contributed by atoms with Crippen molar-refractivity contribution in [2.24, 2.45) is 11.8 Å². The van der Waals surface area contributed by atoms with Crippen molar-refractivity contribution in [2.45, 2.75) is 98.0 Å². The molecule has 9 heteroatoms. The molecule has 0 aliphatic heterocycles. The molecule has 0 rings (SSSR count). The Balaban J connectivity index is 3.78. The summed E-state index contributed by atoms with van der Waals surface area (Å²) in [6.07, 6.45) is 7.37. The van der Waals surface area contributed by atoms with Crippen LogP contribution < -0.4 is 0 Å². The number of ether oxygens (including phenoxy) is 2. The summed E-state index contributed by atoms with van der Waals surface area (Å²) >= 11 is 0. The van der Waals surface area contributed by atoms with Crippen LogP contribution in [0.3, 0.4) is 0 Å². The second-order valence-corrected chi connectivity index (χ2v) is 12.9. The van der Waals surface area contributed by atoms with Crippen LogP contribution in [-0.2, 0) is 40.7 Å². The maximum Gasteiger partial charge on any atom is 0.306 e. The Morgan fingerprint density at radius 2 is 1.06 bits per heavy atom. The van der Waals surface area contributed by atoms with Gasteiger partial charge < -0.3 is 14.6 Å². The van der Waals surface area contributed by atoms with E-state index in [1.54, 1.807) is 0 Å². The fourth-order valence-electron chi connectivity index (χ4n) is 3.22. The lowest BCUT2D eigenvalue weighted by atomic mass is 10.1. The number of aliphatic hydroxyl groups is 1. The molecule has 0 saturated heterocycles. The summed E-state index contributed by atoms with van der Waals surface area (Å²) in [6.45, 7) is 9.50. The van der Waals surface area contributed by atoms with Crippen molar-refractivity contribution in [2.75, 3.05) is 36.2 Å². The van der Waals surface area contributed by atoms with Gasteiger partial charge in [-0.1, -0.05) is 66.2 Å². The minimum atomic E-state index is -1.40. The molecular weight excluding hydrogens is 476 g/mol. The molecule has 0 aromatic carbocycles. The van der Waals surface area contributed by atoms with Crippen LogP contribution in [0.25, 0.3) is 0 Å². The van der Waals surface area contributed by atoms with Crippen LogP contribution in [0.1, 0.15) is 91.9 Å². The lowest BCUT2D eigenvalue weighted by Crippen LogP contribution is -2.26. The average molecular weight is 525 g/mol. The molecule has 0 aliphatic rings. The Morgan fingerprint density at radius 3 is 1.41 bits per heavy atom. The molecule has 0 bridgehead atoms. The van der Waals surface area contributed by atoms with Crippen molar-refractivity contribution in [3.63, 3.8) is 0 Å². The summed E-state index contributed by atoms with van der Waals surface area (Å²) in [5.41, 5.74) is 0. The Bertz CT molecular complexity index is 544. The van der Waals surface area contributed by atoms with Crippen LogP contribution in [0.5, 0.6) is 0 Å². The van der Waals surface area contributed by atoms with Crippen molar-refractivity contribution in [1.82, 2.24) is 0 Å². The van der Waals surface area contributed by atoms with Crippen molar-refractivity contribution in [1.29, 1.82) is 0 Å². The van der Waals surface area contributed by atoms with Gasteiger partial charge in [0.05, 0.1) is 43.7 Å². The Kier molecular flexibility index (Phi) is 21.0. The highest BCUT2D eigenvalue weighted by molar-refractivity contribution is 7.86. The van der Waals surface area contributed by atoms with Crippen LogP contribution >= 0.6 is 0 Å². The first kappa shape index (κ1) is 33.2. The predicted molar refractivity (Wildman–Crippen MR) is 140 cm³/mol. The molecule has 0 fully saturated rings. The zero-order valence-electron chi connectivity index (χ0n) is 21.8. The van der Waals surface area contributed by atoms with E-state index in [2.05, 4.69) is 27.7 Å². The third kappa shape index (κ3) is 23.0. The smallest absolute Gasteiger partial charge is 0.306 e. The van der Waals surface area contributed by atoms with E-state index in [0.717, 1.165) is 38.5 Å². The SMILES string of the molecule is CC(C)CCCCCOC(=O)CCS(=O)CC(O)CS(=O)CCC(=O)OCCCCCC(C)C. The van der Waals surface area contributed by atoms with E-state index in [0.29, 0.717) is 25.0 Å². The summed E-state index contributed by atoms with van der Waals surface area (Å²) in [7, 11) is -2.81. The van der Waals surface area contributed by atoms with Gasteiger partial charge in [-0.15, -0.1) is 0 Å². The third-order valence-corrected chi connectivity index (χ3v) is 8.03. The highest BCUT2D eigenvalue weighted by Gasteiger charge is 2.16. The molecule has 202 valence electrons. The van der Waals surface area contributed by atoms with E-state index in [1.165, 1.54) is 12.8 Å². The minimum Gasteiger partial charge on any atom is -0.466 e. The van der Waals surface area contributed by atoms with Crippen molar-refractivity contribution < 1.29 is 32.6 Å². The average Bonchev–Trinajstić information content (AvgIpc) is 2.75. The minimum absolute atomic E-state index is 0.0394. The van der Waals surface area contributed by atoms with Crippen LogP contribution in [0.2, 0.25) is 0 Å². The first-order chi connectivity index (χ1) is 16.1. The molecule has 0 heterocycles. The lowest BCUT2D eigenvalue weighted by Gasteiger charge is -2.10. The van der Waals surface area contributed by atoms with Crippen LogP contribution in [0.4, 0.5) is 0 Å². The van der Waals surface area contributed by atoms with Gasteiger partial charge in [0.15, 0.2) is 0 Å². The monoisotopic (exact) mass is 524 g/mol. The molecule has 0 radical (unpaired) electrons. The summed E-state index contributed by atoms with van der Waals surface area (Å²) in [5, 5.41) is 10.0. The van der Waals surface area contributed by atoms with Gasteiger partial charge in [0.1, 0.15) is 0 Å². The molecule has 1 N–H and O–H groups in total. The maximum absolute atomic E-state index is 12.1. The van der Waals surface area contributed by atoms with Gasteiger partial charge in [-0.2, -0.15) is 0 Å². The van der Waals surface area contributed by atoms with Gasteiger partial charge in [0, 0.05) is 33.1 Å². The second kappa shape index (κ2) is 21.5. The van der Waals surface area contributed by atoms with Crippen molar-refractivity contribution >= 4 is 33.5 Å². The van der Waals surface area contributed by atoms with Crippen LogP contribution in [0, 0.1) is 11.8 Å². The highest BCUT2D eigenvalue weighted by Crippen LogP contribution is 2.09. The molecule has 0 aromatic heterocycles. The summed E-state index contributed by atoms with van der Waals surface area (Å²) < 4.78 is 34.5. The number of hydrogen-bond donors (Lipinski definition) is 1. The predicted octanol–water partition coefficient (Wildman–Crippen LogP) is 4.14. The zero-order valence-corrected chi connectivity index (χ0v) is 23.4. The maximum atomic E-state index is 12.1. The van der Waals surface area contributed by atoms with E-state index < -0.39 is 27.7 Å². The van der Waals surface area contributed by atoms with E-state index in [1.807, 2.05) is 0 Å². The molecule has 0 aliphatic carbocycles. The molecule has 2 atom stereocenters. The highest BCUT2D eigenvalue weighted by atomic mass is 32.2. The van der Waals surface area contributed by atoms with Crippen molar-refractivity contribution in [3.8, 4) is 0 Å². The second-order valence-electron chi connectivity index (χ2n) is 9.70. The normalized spacial score (nSPS) is 14.2. The Hall–Kier alpha value is -0.800. The molecule has 0 amide bonds. The van der Waals surface area contributed by atoms with Crippen molar-refractivity contribution in [3.05, 3.63) is 0 Å². The van der Waals surface area contributed by atoms with E-state index in [9.17, 15) is 23.1 Å². The fraction of sp³-hybridized carbons (Fsp3) is 0.920. The molecule has 7 nitrogen and oxygen atoms in total. The molecule has 2 unspecified atom stereocenters. The molecule has 0 spiro atoms. The number of aliphatic hydroxyl groups excluding tert-OH is 1. The van der Waals surface area contributed by atoms with Crippen LogP contribution in [-0.4, -0.2) is 67.8 Å². The number of carbonyl (C=O) groups is 2. The molecule has 34 heavy (non-hydrogen) atoms. The fourth-order valence-corrected chi connectivity index (χ4v) is 5.58. The van der Waals surface area contributed by atoms with E-state index >= 15 is 0 Å². The number of carbonyl (C=O) groups excluding carboxylic acids is 2. The van der Waals surface area contributed by atoms with Crippen LogP contribution in [0.15, 0.2) is 0 Å². The molecule has 0 saturated carbocycles. The van der Waals surface area contributed by atoms with Gasteiger partial charge in [0.2, 0.25) is 0 Å². The summed E-state index contributed by atoms with van der Waals surface area (Å²) in [6, 6.07) is 0. The van der Waals surface area contributed by atoms with E-state index in [-0.39, 0.29) is 47.8 Å². The number of unbranched alkanes of at least 4 members (excludes halogenated alkanes) is 4. The molecular formula is C25H48O7S2. The third-order valence-electron chi connectivity index (χ3n) is 5.20. The van der Waals surface area contributed by atoms with E-state index in [4.69, 9.17) is 9.47 Å². The first-order valence-electron chi connectivity index (χ1n) is 12.8. The zero-order chi connectivity index (χ0) is 25.8. The standard InChI is InChI=1S/C25H48O7S2/c1-21(2)11-7-5-9-15-31-24(27)13-17-33(29)19-23(26)20-34(30)18-14-25(28)32-16-10-6-8-12-22(3)4/h21-23,26H,5-20H2,1-4H3. The summed E-state index contributed by atoms with van der Waals surface area (Å²) in [5.74, 6) is 0.729. The Labute approximate surface area is 212 Å². The first-order valence-corrected chi connectivity index (χ1v) is 15.8. The number of hydrogen-bond acceptors (Lipinski definition) is 7. The van der Waals surface area contributed by atoms with Gasteiger partial charge in [-0.25, -0.2) is 0 Å². The number of rotatable bonds is 22. The topological polar surface area (TPSA) is 107 Å².